The summed E-state index contributed by atoms with van der Waals surface area (Å²) < 4.78 is 30.7. The minimum atomic E-state index is -3.54. The molecule has 0 bridgehead atoms. The number of hydrogen-bond donors (Lipinski definition) is 1. The van der Waals surface area contributed by atoms with Gasteiger partial charge in [0.05, 0.1) is 12.4 Å². The van der Waals surface area contributed by atoms with Crippen LogP contribution in [-0.2, 0) is 14.8 Å². The molecule has 96 valence electrons. The molecule has 0 aliphatic heterocycles. The summed E-state index contributed by atoms with van der Waals surface area (Å²) >= 11 is 5.47. The molecule has 0 unspecified atom stereocenters. The third kappa shape index (κ3) is 4.95. The van der Waals surface area contributed by atoms with Crippen molar-refractivity contribution in [2.24, 2.45) is 0 Å². The summed E-state index contributed by atoms with van der Waals surface area (Å²) in [6.45, 7) is 0.972. The van der Waals surface area contributed by atoms with Crippen molar-refractivity contribution < 1.29 is 13.2 Å². The Balaban J connectivity index is 2.48. The van der Waals surface area contributed by atoms with Gasteiger partial charge < -0.3 is 4.74 Å². The van der Waals surface area contributed by atoms with Crippen molar-refractivity contribution >= 4 is 21.6 Å². The Morgan fingerprint density at radius 1 is 1.35 bits per heavy atom. The van der Waals surface area contributed by atoms with Crippen LogP contribution in [0.15, 0.2) is 17.3 Å². The number of nitrogens with zero attached hydrogens (tertiary/aromatic N) is 2. The number of nitrogens with one attached hydrogen (secondary N) is 1. The Kier molecular flexibility index (Phi) is 5.76. The smallest absolute Gasteiger partial charge is 0.243 e. The highest BCUT2D eigenvalue weighted by Crippen LogP contribution is 2.07. The van der Waals surface area contributed by atoms with Gasteiger partial charge in [-0.1, -0.05) is 0 Å². The van der Waals surface area contributed by atoms with Crippen molar-refractivity contribution in [2.75, 3.05) is 20.3 Å². The number of aromatic nitrogens is 2. The number of halogens is 1. The maximum atomic E-state index is 11.7. The lowest BCUT2D eigenvalue weighted by atomic mass is 10.3. The molecule has 1 aromatic rings. The minimum absolute atomic E-state index is 0.00800. The highest BCUT2D eigenvalue weighted by molar-refractivity contribution is 7.89. The summed E-state index contributed by atoms with van der Waals surface area (Å²) in [6.07, 6.45) is 3.86. The molecule has 1 N–H and O–H groups in total. The first kappa shape index (κ1) is 14.3. The summed E-state index contributed by atoms with van der Waals surface area (Å²) in [4.78, 5) is 7.24. The van der Waals surface area contributed by atoms with E-state index >= 15 is 0 Å². The fourth-order valence-corrected chi connectivity index (χ4v) is 2.16. The molecule has 0 aliphatic rings. The third-order valence-electron chi connectivity index (χ3n) is 1.97. The minimum Gasteiger partial charge on any atom is -0.385 e. The molecule has 0 saturated carbocycles. The zero-order chi connectivity index (χ0) is 12.7. The molecule has 0 amide bonds. The van der Waals surface area contributed by atoms with Gasteiger partial charge in [-0.2, -0.15) is 0 Å². The van der Waals surface area contributed by atoms with E-state index in [-0.39, 0.29) is 10.2 Å². The Hall–Kier alpha value is -0.760. The summed E-state index contributed by atoms with van der Waals surface area (Å²) in [5.41, 5.74) is 0. The van der Waals surface area contributed by atoms with Crippen LogP contribution < -0.4 is 4.72 Å². The van der Waals surface area contributed by atoms with Gasteiger partial charge >= 0.3 is 0 Å². The van der Waals surface area contributed by atoms with Crippen molar-refractivity contribution in [1.82, 2.24) is 14.7 Å². The Morgan fingerprint density at radius 2 is 2.00 bits per heavy atom. The average Bonchev–Trinajstić information content (AvgIpc) is 2.29. The van der Waals surface area contributed by atoms with Crippen LogP contribution in [0.5, 0.6) is 0 Å². The number of unbranched alkanes of at least 4 members (excludes halogenated alkanes) is 1. The summed E-state index contributed by atoms with van der Waals surface area (Å²) in [6, 6.07) is 0. The molecule has 6 nitrogen and oxygen atoms in total. The van der Waals surface area contributed by atoms with E-state index in [0.29, 0.717) is 19.6 Å². The van der Waals surface area contributed by atoms with Crippen LogP contribution in [0.25, 0.3) is 0 Å². The predicted octanol–water partition coefficient (Wildman–Crippen LogP) is 0.835. The van der Waals surface area contributed by atoms with E-state index in [1.807, 2.05) is 0 Å². The summed E-state index contributed by atoms with van der Waals surface area (Å²) in [7, 11) is -1.93. The lowest BCUT2D eigenvalue weighted by Gasteiger charge is -2.05. The molecular formula is C9H14ClN3O3S. The zero-order valence-electron chi connectivity index (χ0n) is 9.39. The topological polar surface area (TPSA) is 81.2 Å². The zero-order valence-corrected chi connectivity index (χ0v) is 11.0. The van der Waals surface area contributed by atoms with E-state index in [4.69, 9.17) is 16.3 Å². The van der Waals surface area contributed by atoms with Crippen LogP contribution in [0, 0.1) is 0 Å². The molecule has 0 atom stereocenters. The number of methoxy groups -OCH3 is 1. The van der Waals surface area contributed by atoms with E-state index in [9.17, 15) is 8.42 Å². The van der Waals surface area contributed by atoms with Gasteiger partial charge in [-0.15, -0.1) is 0 Å². The fraction of sp³-hybridized carbons (Fsp3) is 0.556. The van der Waals surface area contributed by atoms with Gasteiger partial charge in [0.1, 0.15) is 4.90 Å². The molecule has 0 spiro atoms. The van der Waals surface area contributed by atoms with Crippen molar-refractivity contribution in [3.05, 3.63) is 17.7 Å². The molecule has 1 aromatic heterocycles. The van der Waals surface area contributed by atoms with E-state index in [0.717, 1.165) is 6.42 Å². The molecular weight excluding hydrogens is 266 g/mol. The van der Waals surface area contributed by atoms with Gasteiger partial charge in [0, 0.05) is 20.3 Å². The maximum Gasteiger partial charge on any atom is 0.243 e. The van der Waals surface area contributed by atoms with Gasteiger partial charge in [0.25, 0.3) is 0 Å². The van der Waals surface area contributed by atoms with Crippen molar-refractivity contribution in [2.45, 2.75) is 17.7 Å². The van der Waals surface area contributed by atoms with Crippen molar-refractivity contribution in [1.29, 1.82) is 0 Å². The standard InChI is InChI=1S/C9H14ClN3O3S/c1-16-5-3-2-4-13-17(14,15)8-6-11-9(10)12-7-8/h6-7,13H,2-5H2,1H3. The molecule has 17 heavy (non-hydrogen) atoms. The first-order chi connectivity index (χ1) is 8.06. The Morgan fingerprint density at radius 3 is 2.59 bits per heavy atom. The number of hydrogen-bond acceptors (Lipinski definition) is 5. The molecule has 0 fully saturated rings. The van der Waals surface area contributed by atoms with Crippen LogP contribution >= 0.6 is 11.6 Å². The lowest BCUT2D eigenvalue weighted by molar-refractivity contribution is 0.193. The van der Waals surface area contributed by atoms with Crippen LogP contribution in [-0.4, -0.2) is 38.6 Å². The van der Waals surface area contributed by atoms with Gasteiger partial charge in [-0.25, -0.2) is 23.1 Å². The second-order valence-corrected chi connectivity index (χ2v) is 5.39. The monoisotopic (exact) mass is 279 g/mol. The fourth-order valence-electron chi connectivity index (χ4n) is 1.10. The Labute approximate surface area is 105 Å². The second kappa shape index (κ2) is 6.85. The molecule has 0 aromatic carbocycles. The van der Waals surface area contributed by atoms with Crippen LogP contribution in [0.3, 0.4) is 0 Å². The quantitative estimate of drug-likeness (QED) is 0.591. The maximum absolute atomic E-state index is 11.7. The van der Waals surface area contributed by atoms with Crippen molar-refractivity contribution in [3.63, 3.8) is 0 Å². The molecule has 0 aliphatic carbocycles. The van der Waals surface area contributed by atoms with Crippen LogP contribution in [0.1, 0.15) is 12.8 Å². The highest BCUT2D eigenvalue weighted by atomic mass is 35.5. The first-order valence-corrected chi connectivity index (χ1v) is 6.88. The van der Waals surface area contributed by atoms with Gasteiger partial charge in [0.15, 0.2) is 0 Å². The molecule has 1 rings (SSSR count). The molecule has 1 heterocycles. The van der Waals surface area contributed by atoms with Gasteiger partial charge in [0.2, 0.25) is 15.3 Å². The first-order valence-electron chi connectivity index (χ1n) is 5.02. The second-order valence-electron chi connectivity index (χ2n) is 3.29. The van der Waals surface area contributed by atoms with Crippen LogP contribution in [0.2, 0.25) is 5.28 Å². The lowest BCUT2D eigenvalue weighted by Crippen LogP contribution is -2.25. The largest absolute Gasteiger partial charge is 0.385 e. The summed E-state index contributed by atoms with van der Waals surface area (Å²) in [5, 5.41) is 0.0176. The molecule has 8 heteroatoms. The normalized spacial score (nSPS) is 11.6. The predicted molar refractivity (Wildman–Crippen MR) is 63.3 cm³/mol. The van der Waals surface area contributed by atoms with E-state index < -0.39 is 10.0 Å². The van der Waals surface area contributed by atoms with Gasteiger partial charge in [-0.3, -0.25) is 0 Å². The van der Waals surface area contributed by atoms with Gasteiger partial charge in [-0.05, 0) is 24.4 Å². The number of sulfonamides is 1. The average molecular weight is 280 g/mol. The summed E-state index contributed by atoms with van der Waals surface area (Å²) in [5.74, 6) is 0. The molecule has 0 saturated heterocycles. The van der Waals surface area contributed by atoms with E-state index in [2.05, 4.69) is 14.7 Å². The van der Waals surface area contributed by atoms with E-state index in [1.54, 1.807) is 7.11 Å². The molecule has 0 radical (unpaired) electrons. The van der Waals surface area contributed by atoms with E-state index in [1.165, 1.54) is 12.4 Å². The van der Waals surface area contributed by atoms with Crippen molar-refractivity contribution in [3.8, 4) is 0 Å². The Bertz CT molecular complexity index is 435. The number of ether oxygens (including phenoxy) is 1. The third-order valence-corrected chi connectivity index (χ3v) is 3.59. The van der Waals surface area contributed by atoms with Crippen LogP contribution in [0.4, 0.5) is 0 Å². The highest BCUT2D eigenvalue weighted by Gasteiger charge is 2.13. The number of rotatable bonds is 7. The SMILES string of the molecule is COCCCCNS(=O)(=O)c1cnc(Cl)nc1.